The molecule has 98 valence electrons. The van der Waals surface area contributed by atoms with E-state index >= 15 is 0 Å². The monoisotopic (exact) mass is 292 g/mol. The summed E-state index contributed by atoms with van der Waals surface area (Å²) < 4.78 is 0.727. The van der Waals surface area contributed by atoms with E-state index < -0.39 is 0 Å². The number of hydrogen-bond acceptors (Lipinski definition) is 3. The summed E-state index contributed by atoms with van der Waals surface area (Å²) in [6, 6.07) is 7.19. The number of carbonyl (C=O) groups excluding carboxylic acids is 1. The first-order chi connectivity index (χ1) is 9.20. The minimum atomic E-state index is -0.0353. The van der Waals surface area contributed by atoms with Crippen LogP contribution in [-0.2, 0) is 6.54 Å². The lowest BCUT2D eigenvalue weighted by Gasteiger charge is -2.20. The van der Waals surface area contributed by atoms with Crippen molar-refractivity contribution in [1.82, 2.24) is 9.88 Å². The van der Waals surface area contributed by atoms with Crippen LogP contribution in [0.5, 0.6) is 0 Å². The van der Waals surface area contributed by atoms with Gasteiger partial charge in [-0.1, -0.05) is 17.7 Å². The number of rotatable bonds is 5. The Bertz CT molecular complexity index is 568. The Labute approximate surface area is 121 Å². The molecule has 5 heteroatoms. The summed E-state index contributed by atoms with van der Waals surface area (Å²) in [4.78, 5) is 19.1. The summed E-state index contributed by atoms with van der Waals surface area (Å²) in [6.45, 7) is 4.72. The van der Waals surface area contributed by atoms with E-state index in [1.54, 1.807) is 35.5 Å². The average Bonchev–Trinajstić information content (AvgIpc) is 2.84. The van der Waals surface area contributed by atoms with Gasteiger partial charge in [-0.2, -0.15) is 0 Å². The molecular weight excluding hydrogens is 280 g/mol. The highest BCUT2D eigenvalue weighted by molar-refractivity contribution is 7.16. The van der Waals surface area contributed by atoms with Crippen LogP contribution in [0.1, 0.15) is 15.2 Å². The van der Waals surface area contributed by atoms with Crippen LogP contribution < -0.4 is 0 Å². The maximum atomic E-state index is 12.4. The van der Waals surface area contributed by atoms with Crippen LogP contribution in [0, 0.1) is 0 Å². The van der Waals surface area contributed by atoms with E-state index in [1.165, 1.54) is 11.3 Å². The van der Waals surface area contributed by atoms with Crippen LogP contribution in [-0.4, -0.2) is 22.3 Å². The molecule has 1 amide bonds. The van der Waals surface area contributed by atoms with Crippen molar-refractivity contribution in [2.24, 2.45) is 0 Å². The fourth-order valence-corrected chi connectivity index (χ4v) is 2.78. The molecule has 0 unspecified atom stereocenters. The van der Waals surface area contributed by atoms with Crippen molar-refractivity contribution in [2.75, 3.05) is 6.54 Å². The number of carbonyl (C=O) groups is 1. The van der Waals surface area contributed by atoms with E-state index in [1.807, 2.05) is 12.1 Å². The maximum Gasteiger partial charge on any atom is 0.254 e. The molecule has 0 aromatic carbocycles. The SMILES string of the molecule is C=CCN(Cc1ccc(Cl)s1)C(=O)c1ccncc1. The summed E-state index contributed by atoms with van der Waals surface area (Å²) in [5.74, 6) is -0.0353. The van der Waals surface area contributed by atoms with Crippen LogP contribution in [0.25, 0.3) is 0 Å². The molecule has 2 heterocycles. The molecule has 19 heavy (non-hydrogen) atoms. The zero-order valence-corrected chi connectivity index (χ0v) is 11.8. The van der Waals surface area contributed by atoms with Crippen LogP contribution >= 0.6 is 22.9 Å². The molecule has 3 nitrogen and oxygen atoms in total. The molecule has 0 aliphatic carbocycles. The van der Waals surface area contributed by atoms with Gasteiger partial charge in [-0.25, -0.2) is 0 Å². The third-order valence-corrected chi connectivity index (χ3v) is 3.76. The largest absolute Gasteiger partial charge is 0.330 e. The topological polar surface area (TPSA) is 33.2 Å². The normalized spacial score (nSPS) is 10.2. The fraction of sp³-hybridized carbons (Fsp3) is 0.143. The van der Waals surface area contributed by atoms with Crippen molar-refractivity contribution in [1.29, 1.82) is 0 Å². The van der Waals surface area contributed by atoms with Crippen molar-refractivity contribution >= 4 is 28.8 Å². The number of thiophene rings is 1. The second-order valence-corrected chi connectivity index (χ2v) is 5.72. The molecule has 0 aliphatic rings. The van der Waals surface area contributed by atoms with Crippen molar-refractivity contribution in [2.45, 2.75) is 6.54 Å². The molecule has 0 fully saturated rings. The zero-order chi connectivity index (χ0) is 13.7. The number of halogens is 1. The zero-order valence-electron chi connectivity index (χ0n) is 10.3. The van der Waals surface area contributed by atoms with Gasteiger partial charge < -0.3 is 4.90 Å². The predicted octanol–water partition coefficient (Wildman–Crippen LogP) is 3.62. The molecule has 0 aliphatic heterocycles. The Hall–Kier alpha value is -1.65. The Balaban J connectivity index is 2.15. The van der Waals surface area contributed by atoms with Gasteiger partial charge in [-0.3, -0.25) is 9.78 Å². The highest BCUT2D eigenvalue weighted by Crippen LogP contribution is 2.23. The lowest BCUT2D eigenvalue weighted by molar-refractivity contribution is 0.0764. The Morgan fingerprint density at radius 2 is 2.11 bits per heavy atom. The molecule has 0 bridgehead atoms. The van der Waals surface area contributed by atoms with E-state index in [-0.39, 0.29) is 5.91 Å². The lowest BCUT2D eigenvalue weighted by Crippen LogP contribution is -2.30. The molecule has 0 spiro atoms. The Morgan fingerprint density at radius 1 is 1.37 bits per heavy atom. The summed E-state index contributed by atoms with van der Waals surface area (Å²) in [5.41, 5.74) is 0.625. The second kappa shape index (κ2) is 6.50. The smallest absolute Gasteiger partial charge is 0.254 e. The number of amides is 1. The third kappa shape index (κ3) is 3.66. The molecule has 2 aromatic rings. The maximum absolute atomic E-state index is 12.4. The van der Waals surface area contributed by atoms with Gasteiger partial charge >= 0.3 is 0 Å². The highest BCUT2D eigenvalue weighted by atomic mass is 35.5. The van der Waals surface area contributed by atoms with Crippen LogP contribution in [0.15, 0.2) is 49.3 Å². The van der Waals surface area contributed by atoms with Crippen molar-refractivity contribution in [3.05, 3.63) is 64.1 Å². The lowest BCUT2D eigenvalue weighted by atomic mass is 10.2. The van der Waals surface area contributed by atoms with E-state index in [0.29, 0.717) is 18.7 Å². The number of nitrogens with zero attached hydrogens (tertiary/aromatic N) is 2. The van der Waals surface area contributed by atoms with Crippen LogP contribution in [0.3, 0.4) is 0 Å². The van der Waals surface area contributed by atoms with Crippen LogP contribution in [0.2, 0.25) is 4.34 Å². The summed E-state index contributed by atoms with van der Waals surface area (Å²) in [5, 5.41) is 0. The molecule has 2 rings (SSSR count). The number of pyridine rings is 1. The minimum absolute atomic E-state index is 0.0353. The minimum Gasteiger partial charge on any atom is -0.330 e. The molecule has 0 radical (unpaired) electrons. The van der Waals surface area contributed by atoms with Gasteiger partial charge in [-0.15, -0.1) is 17.9 Å². The standard InChI is InChI=1S/C14H13ClN2OS/c1-2-9-17(10-12-3-4-13(15)19-12)14(18)11-5-7-16-8-6-11/h2-8H,1,9-10H2. The molecular formula is C14H13ClN2OS. The van der Waals surface area contributed by atoms with Crippen molar-refractivity contribution in [3.63, 3.8) is 0 Å². The second-order valence-electron chi connectivity index (χ2n) is 3.92. The van der Waals surface area contributed by atoms with Crippen molar-refractivity contribution in [3.8, 4) is 0 Å². The van der Waals surface area contributed by atoms with Gasteiger partial charge in [0.1, 0.15) is 0 Å². The number of aromatic nitrogens is 1. The van der Waals surface area contributed by atoms with Gasteiger partial charge in [0.15, 0.2) is 0 Å². The molecule has 0 N–H and O–H groups in total. The summed E-state index contributed by atoms with van der Waals surface area (Å²) in [7, 11) is 0. The molecule has 0 atom stereocenters. The van der Waals surface area contributed by atoms with Gasteiger partial charge in [0.05, 0.1) is 10.9 Å². The third-order valence-electron chi connectivity index (χ3n) is 2.54. The molecule has 0 saturated heterocycles. The first-order valence-electron chi connectivity index (χ1n) is 5.75. The van der Waals surface area contributed by atoms with Gasteiger partial charge in [0.2, 0.25) is 0 Å². The molecule has 2 aromatic heterocycles. The Morgan fingerprint density at radius 3 is 2.68 bits per heavy atom. The van der Waals surface area contributed by atoms with Gasteiger partial charge in [-0.05, 0) is 24.3 Å². The first kappa shape index (κ1) is 13.8. The quantitative estimate of drug-likeness (QED) is 0.789. The van der Waals surface area contributed by atoms with Gasteiger partial charge in [0, 0.05) is 29.4 Å². The first-order valence-corrected chi connectivity index (χ1v) is 6.94. The van der Waals surface area contributed by atoms with E-state index in [4.69, 9.17) is 11.6 Å². The van der Waals surface area contributed by atoms with E-state index in [0.717, 1.165) is 9.21 Å². The fourth-order valence-electron chi connectivity index (χ4n) is 1.68. The Kier molecular flexibility index (Phi) is 4.71. The average molecular weight is 293 g/mol. The summed E-state index contributed by atoms with van der Waals surface area (Å²) >= 11 is 7.38. The van der Waals surface area contributed by atoms with E-state index in [9.17, 15) is 4.79 Å². The number of hydrogen-bond donors (Lipinski definition) is 0. The van der Waals surface area contributed by atoms with E-state index in [2.05, 4.69) is 11.6 Å². The summed E-state index contributed by atoms with van der Waals surface area (Å²) in [6.07, 6.45) is 4.94. The molecule has 0 saturated carbocycles. The predicted molar refractivity (Wildman–Crippen MR) is 78.5 cm³/mol. The highest BCUT2D eigenvalue weighted by Gasteiger charge is 2.15. The van der Waals surface area contributed by atoms with Gasteiger partial charge in [0.25, 0.3) is 5.91 Å². The van der Waals surface area contributed by atoms with Crippen molar-refractivity contribution < 1.29 is 4.79 Å². The van der Waals surface area contributed by atoms with Crippen LogP contribution in [0.4, 0.5) is 0 Å².